The van der Waals surface area contributed by atoms with Crippen LogP contribution in [0.1, 0.15) is 6.42 Å². The first-order valence-electron chi connectivity index (χ1n) is 6.42. The highest BCUT2D eigenvalue weighted by molar-refractivity contribution is 7.87. The molecule has 0 aliphatic carbocycles. The van der Waals surface area contributed by atoms with Crippen molar-refractivity contribution in [2.45, 2.75) is 6.42 Å². The minimum Gasteiger partial charge on any atom is -0.312 e. The van der Waals surface area contributed by atoms with Gasteiger partial charge in [-0.2, -0.15) is 12.7 Å². The third-order valence-electron chi connectivity index (χ3n) is 3.31. The van der Waals surface area contributed by atoms with Gasteiger partial charge in [0.1, 0.15) is 0 Å². The number of carbonyl (C=O) groups is 1. The van der Waals surface area contributed by atoms with Gasteiger partial charge >= 0.3 is 0 Å². The molecule has 0 saturated carbocycles. The monoisotopic (exact) mass is 297 g/mol. The van der Waals surface area contributed by atoms with Crippen molar-refractivity contribution in [2.24, 2.45) is 5.92 Å². The molecule has 1 heterocycles. The van der Waals surface area contributed by atoms with Crippen molar-refractivity contribution in [3.63, 3.8) is 0 Å². The van der Waals surface area contributed by atoms with Crippen molar-refractivity contribution in [3.8, 4) is 0 Å². The van der Waals surface area contributed by atoms with Crippen LogP contribution in [0.4, 0.5) is 5.69 Å². The van der Waals surface area contributed by atoms with E-state index in [0.717, 1.165) is 9.99 Å². The second-order valence-corrected chi connectivity index (χ2v) is 7.02. The summed E-state index contributed by atoms with van der Waals surface area (Å²) in [5.41, 5.74) is 0.857. The SMILES string of the molecule is CN(C)S(=O)(=O)NC[C@H]1CC(=O)N(c2ccccc2)C1. The van der Waals surface area contributed by atoms with Crippen LogP contribution in [-0.4, -0.2) is 45.8 Å². The van der Waals surface area contributed by atoms with E-state index in [4.69, 9.17) is 0 Å². The maximum Gasteiger partial charge on any atom is 0.278 e. The molecule has 1 aliphatic rings. The van der Waals surface area contributed by atoms with E-state index in [1.807, 2.05) is 30.3 Å². The van der Waals surface area contributed by atoms with Crippen LogP contribution in [0.5, 0.6) is 0 Å². The minimum absolute atomic E-state index is 0.00238. The van der Waals surface area contributed by atoms with Crippen molar-refractivity contribution in [2.75, 3.05) is 32.1 Å². The number of hydrogen-bond acceptors (Lipinski definition) is 3. The molecule has 1 atom stereocenters. The van der Waals surface area contributed by atoms with Crippen molar-refractivity contribution in [3.05, 3.63) is 30.3 Å². The van der Waals surface area contributed by atoms with Gasteiger partial charge in [-0.1, -0.05) is 18.2 Å². The number of hydrogen-bond donors (Lipinski definition) is 1. The molecule has 20 heavy (non-hydrogen) atoms. The van der Waals surface area contributed by atoms with Gasteiger partial charge < -0.3 is 4.90 Å². The van der Waals surface area contributed by atoms with Crippen LogP contribution in [0, 0.1) is 5.92 Å². The summed E-state index contributed by atoms with van der Waals surface area (Å²) in [6, 6.07) is 9.41. The van der Waals surface area contributed by atoms with E-state index in [1.165, 1.54) is 14.1 Å². The molecule has 1 aromatic rings. The Morgan fingerprint density at radius 1 is 1.30 bits per heavy atom. The molecule has 1 fully saturated rings. The summed E-state index contributed by atoms with van der Waals surface area (Å²) in [6.07, 6.45) is 0.366. The zero-order chi connectivity index (χ0) is 14.8. The number of anilines is 1. The van der Waals surface area contributed by atoms with Gasteiger partial charge in [0.25, 0.3) is 10.2 Å². The molecule has 0 radical (unpaired) electrons. The molecule has 1 saturated heterocycles. The zero-order valence-electron chi connectivity index (χ0n) is 11.6. The van der Waals surface area contributed by atoms with Gasteiger partial charge in [0.15, 0.2) is 0 Å². The highest BCUT2D eigenvalue weighted by Crippen LogP contribution is 2.24. The average Bonchev–Trinajstić information content (AvgIpc) is 2.79. The number of rotatable bonds is 5. The van der Waals surface area contributed by atoms with Gasteiger partial charge in [0, 0.05) is 39.3 Å². The quantitative estimate of drug-likeness (QED) is 0.857. The van der Waals surface area contributed by atoms with Crippen molar-refractivity contribution in [1.29, 1.82) is 0 Å². The first-order chi connectivity index (χ1) is 9.40. The smallest absolute Gasteiger partial charge is 0.278 e. The van der Waals surface area contributed by atoms with Crippen LogP contribution in [0.2, 0.25) is 0 Å². The summed E-state index contributed by atoms with van der Waals surface area (Å²) in [5, 5.41) is 0. The third-order valence-corrected chi connectivity index (χ3v) is 4.80. The Bertz CT molecular complexity index is 572. The Morgan fingerprint density at radius 2 is 1.95 bits per heavy atom. The van der Waals surface area contributed by atoms with E-state index in [9.17, 15) is 13.2 Å². The van der Waals surface area contributed by atoms with Crippen LogP contribution in [-0.2, 0) is 15.0 Å². The third kappa shape index (κ3) is 3.36. The van der Waals surface area contributed by atoms with Crippen molar-refractivity contribution in [1.82, 2.24) is 9.03 Å². The van der Waals surface area contributed by atoms with Crippen LogP contribution >= 0.6 is 0 Å². The molecule has 1 aromatic carbocycles. The largest absolute Gasteiger partial charge is 0.312 e. The molecule has 2 rings (SSSR count). The number of nitrogens with one attached hydrogen (secondary N) is 1. The maximum absolute atomic E-state index is 12.0. The van der Waals surface area contributed by atoms with Crippen LogP contribution < -0.4 is 9.62 Å². The summed E-state index contributed by atoms with van der Waals surface area (Å²) in [6.45, 7) is 0.814. The Balaban J connectivity index is 1.97. The summed E-state index contributed by atoms with van der Waals surface area (Å²) in [4.78, 5) is 13.7. The second kappa shape index (κ2) is 5.90. The molecule has 0 spiro atoms. The molecule has 1 aliphatic heterocycles. The summed E-state index contributed by atoms with van der Waals surface area (Å²) < 4.78 is 26.9. The molecule has 7 heteroatoms. The molecular formula is C13H19N3O3S. The highest BCUT2D eigenvalue weighted by Gasteiger charge is 2.31. The summed E-state index contributed by atoms with van der Waals surface area (Å²) in [7, 11) is -0.490. The summed E-state index contributed by atoms with van der Waals surface area (Å²) in [5.74, 6) is 0.0303. The highest BCUT2D eigenvalue weighted by atomic mass is 32.2. The van der Waals surface area contributed by atoms with Crippen molar-refractivity contribution >= 4 is 21.8 Å². The van der Waals surface area contributed by atoms with E-state index in [-0.39, 0.29) is 18.4 Å². The van der Waals surface area contributed by atoms with Crippen LogP contribution in [0.25, 0.3) is 0 Å². The predicted molar refractivity (Wildman–Crippen MR) is 77.5 cm³/mol. The maximum atomic E-state index is 12.0. The molecular weight excluding hydrogens is 278 g/mol. The van der Waals surface area contributed by atoms with Gasteiger partial charge in [-0.05, 0) is 18.1 Å². The number of nitrogens with zero attached hydrogens (tertiary/aromatic N) is 2. The summed E-state index contributed by atoms with van der Waals surface area (Å²) >= 11 is 0. The van der Waals surface area contributed by atoms with Gasteiger partial charge in [0.05, 0.1) is 0 Å². The van der Waals surface area contributed by atoms with E-state index < -0.39 is 10.2 Å². The lowest BCUT2D eigenvalue weighted by Gasteiger charge is -2.17. The average molecular weight is 297 g/mol. The first-order valence-corrected chi connectivity index (χ1v) is 7.86. The standard InChI is InChI=1S/C13H19N3O3S/c1-15(2)20(18,19)14-9-11-8-13(17)16(10-11)12-6-4-3-5-7-12/h3-7,11,14H,8-10H2,1-2H3/t11-/m1/s1. The number of benzene rings is 1. The van der Waals surface area contributed by atoms with Gasteiger partial charge in [-0.3, -0.25) is 4.79 Å². The molecule has 0 unspecified atom stereocenters. The number of amides is 1. The second-order valence-electron chi connectivity index (χ2n) is 5.05. The van der Waals surface area contributed by atoms with E-state index in [0.29, 0.717) is 13.0 Å². The predicted octanol–water partition coefficient (Wildman–Crippen LogP) is 0.436. The van der Waals surface area contributed by atoms with E-state index in [1.54, 1.807) is 4.90 Å². The zero-order valence-corrected chi connectivity index (χ0v) is 12.4. The Hall–Kier alpha value is -1.44. The molecule has 0 aromatic heterocycles. The van der Waals surface area contributed by atoms with Crippen molar-refractivity contribution < 1.29 is 13.2 Å². The first kappa shape index (κ1) is 15.0. The molecule has 1 amide bonds. The molecule has 1 N–H and O–H groups in total. The van der Waals surface area contributed by atoms with E-state index >= 15 is 0 Å². The fourth-order valence-electron chi connectivity index (χ4n) is 2.13. The topological polar surface area (TPSA) is 69.7 Å². The number of para-hydroxylation sites is 1. The minimum atomic E-state index is -3.43. The molecule has 110 valence electrons. The fourth-order valence-corrected chi connectivity index (χ4v) is 2.83. The lowest BCUT2D eigenvalue weighted by molar-refractivity contribution is -0.117. The van der Waals surface area contributed by atoms with Gasteiger partial charge in [-0.25, -0.2) is 4.72 Å². The Labute approximate surface area is 119 Å². The molecule has 6 nitrogen and oxygen atoms in total. The van der Waals surface area contributed by atoms with Gasteiger partial charge in [0.2, 0.25) is 5.91 Å². The fraction of sp³-hybridized carbons (Fsp3) is 0.462. The van der Waals surface area contributed by atoms with E-state index in [2.05, 4.69) is 4.72 Å². The van der Waals surface area contributed by atoms with Gasteiger partial charge in [-0.15, -0.1) is 0 Å². The van der Waals surface area contributed by atoms with Crippen LogP contribution in [0.3, 0.4) is 0 Å². The number of carbonyl (C=O) groups excluding carboxylic acids is 1. The molecule has 0 bridgehead atoms. The lowest BCUT2D eigenvalue weighted by Crippen LogP contribution is -2.38. The Kier molecular flexibility index (Phi) is 4.42. The van der Waals surface area contributed by atoms with Crippen LogP contribution in [0.15, 0.2) is 30.3 Å². The lowest BCUT2D eigenvalue weighted by atomic mass is 10.1. The normalized spacial score (nSPS) is 19.9. The Morgan fingerprint density at radius 3 is 2.55 bits per heavy atom.